The van der Waals surface area contributed by atoms with E-state index in [4.69, 9.17) is 4.42 Å². The summed E-state index contributed by atoms with van der Waals surface area (Å²) in [6.45, 7) is 4.71. The van der Waals surface area contributed by atoms with Gasteiger partial charge in [0.2, 0.25) is 5.89 Å². The van der Waals surface area contributed by atoms with Gasteiger partial charge in [-0.15, -0.1) is 0 Å². The van der Waals surface area contributed by atoms with Crippen LogP contribution in [0.15, 0.2) is 53.1 Å². The van der Waals surface area contributed by atoms with E-state index in [1.54, 1.807) is 6.20 Å². The number of fused-ring (bicyclic) bond motifs is 1. The van der Waals surface area contributed by atoms with E-state index in [9.17, 15) is 0 Å². The summed E-state index contributed by atoms with van der Waals surface area (Å²) in [5.74, 6) is 1.58. The third-order valence-electron chi connectivity index (χ3n) is 3.52. The Morgan fingerprint density at radius 1 is 1.15 bits per heavy atom. The summed E-state index contributed by atoms with van der Waals surface area (Å²) in [5.41, 5.74) is 1.30. The third-order valence-corrected chi connectivity index (χ3v) is 3.52. The lowest BCUT2D eigenvalue weighted by Crippen LogP contribution is -2.18. The number of rotatable bonds is 4. The average molecular weight is 266 g/mol. The average Bonchev–Trinajstić information content (AvgIpc) is 2.90. The number of aryl methyl sites for hydroxylation is 1. The van der Waals surface area contributed by atoms with E-state index >= 15 is 0 Å². The van der Waals surface area contributed by atoms with Gasteiger partial charge >= 0.3 is 0 Å². The zero-order valence-corrected chi connectivity index (χ0v) is 11.8. The maximum Gasteiger partial charge on any atom is 0.208 e. The normalized spacial score (nSPS) is 12.7. The van der Waals surface area contributed by atoms with Gasteiger partial charge in [0.25, 0.3) is 0 Å². The first kappa shape index (κ1) is 12.9. The lowest BCUT2D eigenvalue weighted by molar-refractivity contribution is 0.433. The Kier molecular flexibility index (Phi) is 3.52. The second kappa shape index (κ2) is 5.47. The summed E-state index contributed by atoms with van der Waals surface area (Å²) in [6.07, 6.45) is 1.75. The van der Waals surface area contributed by atoms with Gasteiger partial charge in [0.15, 0.2) is 0 Å². The highest BCUT2D eigenvalue weighted by atomic mass is 16.4. The lowest BCUT2D eigenvalue weighted by Gasteiger charge is -2.15. The van der Waals surface area contributed by atoms with Gasteiger partial charge in [-0.3, -0.25) is 0 Å². The molecule has 0 spiro atoms. The molecule has 1 unspecified atom stereocenters. The van der Waals surface area contributed by atoms with E-state index in [0.717, 1.165) is 11.7 Å². The molecule has 1 N–H and O–H groups in total. The maximum atomic E-state index is 5.48. The van der Waals surface area contributed by atoms with Gasteiger partial charge in [0.1, 0.15) is 5.76 Å². The van der Waals surface area contributed by atoms with Crippen LogP contribution in [0.25, 0.3) is 10.8 Å². The number of aromatic nitrogens is 1. The molecule has 1 aromatic heterocycles. The van der Waals surface area contributed by atoms with Crippen molar-refractivity contribution in [2.75, 3.05) is 0 Å². The zero-order valence-electron chi connectivity index (χ0n) is 11.8. The number of nitrogens with zero attached hydrogens (tertiary/aromatic N) is 1. The molecule has 0 amide bonds. The van der Waals surface area contributed by atoms with Gasteiger partial charge in [0.05, 0.1) is 12.7 Å². The molecule has 0 bridgehead atoms. The van der Waals surface area contributed by atoms with Crippen LogP contribution in [0.2, 0.25) is 0 Å². The molecule has 0 saturated heterocycles. The highest BCUT2D eigenvalue weighted by Crippen LogP contribution is 2.24. The van der Waals surface area contributed by atoms with Gasteiger partial charge < -0.3 is 9.73 Å². The fraction of sp³-hybridized carbons (Fsp3) is 0.235. The number of benzene rings is 2. The van der Waals surface area contributed by atoms with E-state index in [2.05, 4.69) is 59.7 Å². The third kappa shape index (κ3) is 2.58. The first-order valence-corrected chi connectivity index (χ1v) is 6.86. The molecule has 3 rings (SSSR count). The van der Waals surface area contributed by atoms with Crippen LogP contribution in [0.1, 0.15) is 30.2 Å². The topological polar surface area (TPSA) is 38.1 Å². The van der Waals surface area contributed by atoms with E-state index in [-0.39, 0.29) is 6.04 Å². The van der Waals surface area contributed by atoms with Crippen LogP contribution < -0.4 is 5.32 Å². The van der Waals surface area contributed by atoms with E-state index < -0.39 is 0 Å². The van der Waals surface area contributed by atoms with Crippen LogP contribution in [-0.2, 0) is 6.54 Å². The molecule has 3 heteroatoms. The number of hydrogen-bond acceptors (Lipinski definition) is 3. The summed E-state index contributed by atoms with van der Waals surface area (Å²) in [4.78, 5) is 4.21. The minimum atomic E-state index is 0.244. The molecule has 102 valence electrons. The summed E-state index contributed by atoms with van der Waals surface area (Å²) in [7, 11) is 0. The summed E-state index contributed by atoms with van der Waals surface area (Å²) in [5, 5.41) is 6.02. The number of hydrogen-bond donors (Lipinski definition) is 1. The van der Waals surface area contributed by atoms with Gasteiger partial charge in [0, 0.05) is 6.04 Å². The Morgan fingerprint density at radius 3 is 2.75 bits per heavy atom. The van der Waals surface area contributed by atoms with Crippen LogP contribution in [0.5, 0.6) is 0 Å². The molecular weight excluding hydrogens is 248 g/mol. The number of oxazole rings is 1. The van der Waals surface area contributed by atoms with Crippen molar-refractivity contribution in [2.45, 2.75) is 26.4 Å². The van der Waals surface area contributed by atoms with Gasteiger partial charge in [-0.2, -0.15) is 0 Å². The summed E-state index contributed by atoms with van der Waals surface area (Å²) < 4.78 is 5.48. The maximum absolute atomic E-state index is 5.48. The predicted octanol–water partition coefficient (Wildman–Crippen LogP) is 3.99. The van der Waals surface area contributed by atoms with Crippen LogP contribution >= 0.6 is 0 Å². The first-order chi connectivity index (χ1) is 9.74. The highest BCUT2D eigenvalue weighted by Gasteiger charge is 2.10. The van der Waals surface area contributed by atoms with Crippen molar-refractivity contribution in [3.8, 4) is 0 Å². The molecule has 0 fully saturated rings. The molecule has 3 aromatic rings. The Balaban J connectivity index is 1.80. The molecule has 1 atom stereocenters. The monoisotopic (exact) mass is 266 g/mol. The van der Waals surface area contributed by atoms with Crippen LogP contribution in [-0.4, -0.2) is 4.98 Å². The Labute approximate surface area is 118 Å². The van der Waals surface area contributed by atoms with Crippen molar-refractivity contribution in [1.82, 2.24) is 10.3 Å². The molecule has 0 aliphatic heterocycles. The lowest BCUT2D eigenvalue weighted by atomic mass is 10.00. The molecule has 0 aliphatic rings. The Morgan fingerprint density at radius 2 is 1.95 bits per heavy atom. The minimum absolute atomic E-state index is 0.244. The van der Waals surface area contributed by atoms with Gasteiger partial charge in [-0.1, -0.05) is 42.5 Å². The highest BCUT2D eigenvalue weighted by molar-refractivity contribution is 5.86. The minimum Gasteiger partial charge on any atom is -0.445 e. The molecule has 0 saturated carbocycles. The molecular formula is C17H18N2O. The van der Waals surface area contributed by atoms with Crippen molar-refractivity contribution >= 4 is 10.8 Å². The van der Waals surface area contributed by atoms with E-state index in [1.165, 1.54) is 16.3 Å². The summed E-state index contributed by atoms with van der Waals surface area (Å²) >= 11 is 0. The summed E-state index contributed by atoms with van der Waals surface area (Å²) in [6, 6.07) is 15.1. The molecule has 2 aromatic carbocycles. The fourth-order valence-corrected chi connectivity index (χ4v) is 2.46. The quantitative estimate of drug-likeness (QED) is 0.776. The van der Waals surface area contributed by atoms with E-state index in [0.29, 0.717) is 6.54 Å². The Hall–Kier alpha value is -2.13. The Bertz CT molecular complexity index is 712. The molecule has 0 aliphatic carbocycles. The van der Waals surface area contributed by atoms with Crippen LogP contribution in [0.3, 0.4) is 0 Å². The molecule has 1 heterocycles. The second-order valence-corrected chi connectivity index (χ2v) is 5.04. The SMILES string of the molecule is Cc1cnc(CNC(C)c2cccc3ccccc23)o1. The molecule has 20 heavy (non-hydrogen) atoms. The molecule has 3 nitrogen and oxygen atoms in total. The van der Waals surface area contributed by atoms with Crippen LogP contribution in [0.4, 0.5) is 0 Å². The van der Waals surface area contributed by atoms with E-state index in [1.807, 2.05) is 6.92 Å². The van der Waals surface area contributed by atoms with Crippen molar-refractivity contribution in [1.29, 1.82) is 0 Å². The second-order valence-electron chi connectivity index (χ2n) is 5.04. The zero-order chi connectivity index (χ0) is 13.9. The van der Waals surface area contributed by atoms with Crippen LogP contribution in [0, 0.1) is 6.92 Å². The standard InChI is InChI=1S/C17H18N2O/c1-12-10-19-17(20-12)11-18-13(2)15-9-5-7-14-6-3-4-8-16(14)15/h3-10,13,18H,11H2,1-2H3. The van der Waals surface area contributed by atoms with Crippen molar-refractivity contribution < 1.29 is 4.42 Å². The predicted molar refractivity (Wildman–Crippen MR) is 80.4 cm³/mol. The smallest absolute Gasteiger partial charge is 0.208 e. The first-order valence-electron chi connectivity index (χ1n) is 6.86. The number of nitrogens with one attached hydrogen (secondary N) is 1. The molecule has 0 radical (unpaired) electrons. The van der Waals surface area contributed by atoms with Gasteiger partial charge in [-0.25, -0.2) is 4.98 Å². The van der Waals surface area contributed by atoms with Crippen molar-refractivity contribution in [3.63, 3.8) is 0 Å². The van der Waals surface area contributed by atoms with Gasteiger partial charge in [-0.05, 0) is 30.2 Å². The largest absolute Gasteiger partial charge is 0.445 e. The fourth-order valence-electron chi connectivity index (χ4n) is 2.46. The van der Waals surface area contributed by atoms with Crippen molar-refractivity contribution in [2.24, 2.45) is 0 Å². The van der Waals surface area contributed by atoms with Crippen molar-refractivity contribution in [3.05, 3.63) is 65.9 Å².